The molecule has 0 aromatic heterocycles. The molecule has 0 heterocycles. The molecular formula is C49H69N7O12. The summed E-state index contributed by atoms with van der Waals surface area (Å²) in [4.78, 5) is 66.3. The van der Waals surface area contributed by atoms with Crippen molar-refractivity contribution < 1.29 is 57.5 Å². The summed E-state index contributed by atoms with van der Waals surface area (Å²) >= 11 is 0. The van der Waals surface area contributed by atoms with Crippen molar-refractivity contribution in [2.45, 2.75) is 95.0 Å². The Morgan fingerprint density at radius 3 is 1.34 bits per heavy atom. The van der Waals surface area contributed by atoms with Crippen molar-refractivity contribution in [2.24, 2.45) is 17.4 Å². The Morgan fingerprint density at radius 1 is 0.529 bits per heavy atom. The number of aliphatic hydroxyl groups excluding tert-OH is 1. The van der Waals surface area contributed by atoms with Crippen LogP contribution in [-0.2, 0) is 0 Å². The number of methoxy groups -OCH3 is 6. The number of Topliss-reactive ketones (excluding diaryl/α,β-unsaturated/α-hetero) is 1. The second-order valence-corrected chi connectivity index (χ2v) is 17.0. The summed E-state index contributed by atoms with van der Waals surface area (Å²) in [5.74, 6) is 0.515. The molecule has 1 unspecified atom stereocenters. The predicted molar refractivity (Wildman–Crippen MR) is 254 cm³/mol. The van der Waals surface area contributed by atoms with Gasteiger partial charge in [-0.25, -0.2) is 0 Å². The smallest absolute Gasteiger partial charge is 0.255 e. The van der Waals surface area contributed by atoms with Crippen molar-refractivity contribution in [3.05, 3.63) is 69.8 Å². The van der Waals surface area contributed by atoms with Gasteiger partial charge in [-0.1, -0.05) is 6.42 Å². The highest BCUT2D eigenvalue weighted by molar-refractivity contribution is 6.04. The average Bonchev–Trinajstić information content (AvgIpc) is 3.36. The molecule has 0 spiro atoms. The Labute approximate surface area is 398 Å². The van der Waals surface area contributed by atoms with Crippen molar-refractivity contribution >= 4 is 29.4 Å². The maximum Gasteiger partial charge on any atom is 0.255 e. The van der Waals surface area contributed by atoms with Gasteiger partial charge < -0.3 is 66.3 Å². The first-order valence-electron chi connectivity index (χ1n) is 23.2. The predicted octanol–water partition coefficient (Wildman–Crippen LogP) is 3.78. The summed E-state index contributed by atoms with van der Waals surface area (Å²) in [5, 5.41) is 26.4. The molecule has 2 saturated carbocycles. The number of aliphatic hydroxyl groups is 1. The topological polar surface area (TPSA) is 273 Å². The Hall–Kier alpha value is -6.15. The highest BCUT2D eigenvalue weighted by Gasteiger charge is 2.30. The third-order valence-electron chi connectivity index (χ3n) is 12.7. The van der Waals surface area contributed by atoms with Crippen LogP contribution in [0.5, 0.6) is 34.5 Å². The van der Waals surface area contributed by atoms with Crippen LogP contribution in [0.4, 0.5) is 0 Å². The first kappa shape index (κ1) is 52.8. The Morgan fingerprint density at radius 2 is 0.912 bits per heavy atom. The second kappa shape index (κ2) is 25.8. The standard InChI is InChI=1S/C49H69N7O12/c1-63-39-25-42(66-4)35(47(60)55-30-14-16-31(17-15-30)56-49(62)37-24-34(46(59)53-21-19-51)41(65-3)27-44(37)68-6)22-32(39)38(57)9-7-8-28-10-12-29(13-11-28)54-48(61)36-23-33(45(58)52-20-18-50)40(64-2)26-43(36)67-5/h22-31,47,55,60H,7-21,50-51H2,1-6H3,(H,52,58)(H,53,59)(H,54,61)(H,56,62). The van der Waals surface area contributed by atoms with Gasteiger partial charge in [-0.05, 0) is 81.9 Å². The minimum Gasteiger partial charge on any atom is -0.496 e. The number of hydrogen-bond donors (Lipinski definition) is 8. The largest absolute Gasteiger partial charge is 0.496 e. The molecule has 19 heteroatoms. The lowest BCUT2D eigenvalue weighted by Gasteiger charge is -2.32. The lowest BCUT2D eigenvalue weighted by atomic mass is 9.82. The third kappa shape index (κ3) is 13.5. The van der Waals surface area contributed by atoms with Gasteiger partial charge in [0.1, 0.15) is 40.7 Å². The van der Waals surface area contributed by atoms with Crippen LogP contribution in [0.1, 0.15) is 134 Å². The Balaban J connectivity index is 1.12. The minimum absolute atomic E-state index is 0.0629. The van der Waals surface area contributed by atoms with Crippen LogP contribution in [0.3, 0.4) is 0 Å². The van der Waals surface area contributed by atoms with E-state index in [1.807, 2.05) is 0 Å². The number of ketones is 1. The van der Waals surface area contributed by atoms with Crippen LogP contribution >= 0.6 is 0 Å². The molecule has 10 N–H and O–H groups in total. The number of carbonyl (C=O) groups is 5. The summed E-state index contributed by atoms with van der Waals surface area (Å²) in [5.41, 5.74) is 12.7. The van der Waals surface area contributed by atoms with E-state index in [0.29, 0.717) is 66.4 Å². The van der Waals surface area contributed by atoms with Crippen LogP contribution in [0.25, 0.3) is 0 Å². The molecule has 3 aromatic carbocycles. The van der Waals surface area contributed by atoms with Crippen LogP contribution in [-0.4, -0.2) is 121 Å². The van der Waals surface area contributed by atoms with Gasteiger partial charge in [-0.3, -0.25) is 29.3 Å². The second-order valence-electron chi connectivity index (χ2n) is 17.0. The van der Waals surface area contributed by atoms with E-state index in [9.17, 15) is 29.1 Å². The first-order valence-corrected chi connectivity index (χ1v) is 23.2. The number of benzene rings is 3. The van der Waals surface area contributed by atoms with E-state index in [1.165, 1.54) is 66.9 Å². The zero-order valence-corrected chi connectivity index (χ0v) is 40.1. The van der Waals surface area contributed by atoms with Crippen molar-refractivity contribution in [1.82, 2.24) is 26.6 Å². The lowest BCUT2D eigenvalue weighted by Crippen LogP contribution is -2.43. The number of amides is 4. The number of nitrogens with two attached hydrogens (primary N) is 2. The van der Waals surface area contributed by atoms with Crippen molar-refractivity contribution in [3.8, 4) is 34.5 Å². The fourth-order valence-corrected chi connectivity index (χ4v) is 8.95. The van der Waals surface area contributed by atoms with Gasteiger partial charge in [0, 0.05) is 74.5 Å². The lowest BCUT2D eigenvalue weighted by molar-refractivity contribution is 0.0889. The van der Waals surface area contributed by atoms with Crippen molar-refractivity contribution in [1.29, 1.82) is 0 Å². The summed E-state index contributed by atoms with van der Waals surface area (Å²) in [6.07, 6.45) is 6.41. The zero-order valence-electron chi connectivity index (χ0n) is 40.1. The molecule has 1 atom stereocenters. The normalized spacial score (nSPS) is 18.3. The molecule has 3 aromatic rings. The molecule has 0 bridgehead atoms. The van der Waals surface area contributed by atoms with Gasteiger partial charge in [0.2, 0.25) is 0 Å². The Kier molecular flexibility index (Phi) is 20.1. The molecule has 0 radical (unpaired) electrons. The van der Waals surface area contributed by atoms with Crippen LogP contribution in [0.15, 0.2) is 36.4 Å². The molecule has 2 fully saturated rings. The summed E-state index contributed by atoms with van der Waals surface area (Å²) in [7, 11) is 8.75. The summed E-state index contributed by atoms with van der Waals surface area (Å²) in [6, 6.07) is 8.90. The average molecular weight is 948 g/mol. The van der Waals surface area contributed by atoms with Crippen LogP contribution in [0.2, 0.25) is 0 Å². The molecule has 68 heavy (non-hydrogen) atoms. The van der Waals surface area contributed by atoms with Gasteiger partial charge in [0.05, 0.1) is 70.5 Å². The monoisotopic (exact) mass is 948 g/mol. The van der Waals surface area contributed by atoms with Gasteiger partial charge >= 0.3 is 0 Å². The van der Waals surface area contributed by atoms with Gasteiger partial charge in [0.15, 0.2) is 5.78 Å². The fourth-order valence-electron chi connectivity index (χ4n) is 8.95. The number of ether oxygens (including phenoxy) is 6. The van der Waals surface area contributed by atoms with Gasteiger partial charge in [-0.15, -0.1) is 0 Å². The minimum atomic E-state index is -1.16. The van der Waals surface area contributed by atoms with Gasteiger partial charge in [0.25, 0.3) is 23.6 Å². The van der Waals surface area contributed by atoms with Gasteiger partial charge in [-0.2, -0.15) is 0 Å². The fraction of sp³-hybridized carbons (Fsp3) is 0.531. The number of carbonyl (C=O) groups excluding carboxylic acids is 5. The van der Waals surface area contributed by atoms with E-state index in [-0.39, 0.29) is 102 Å². The summed E-state index contributed by atoms with van der Waals surface area (Å²) < 4.78 is 33.0. The molecule has 0 aliphatic heterocycles. The first-order chi connectivity index (χ1) is 32.8. The van der Waals surface area contributed by atoms with Crippen molar-refractivity contribution in [2.75, 3.05) is 68.8 Å². The van der Waals surface area contributed by atoms with Crippen LogP contribution < -0.4 is 66.5 Å². The van der Waals surface area contributed by atoms with E-state index in [1.54, 1.807) is 12.1 Å². The molecule has 2 aliphatic rings. The third-order valence-corrected chi connectivity index (χ3v) is 12.7. The number of rotatable bonds is 24. The van der Waals surface area contributed by atoms with E-state index < -0.39 is 23.9 Å². The molecular weight excluding hydrogens is 879 g/mol. The molecule has 4 amide bonds. The zero-order chi connectivity index (χ0) is 49.3. The molecule has 372 valence electrons. The Bertz CT molecular complexity index is 2220. The highest BCUT2D eigenvalue weighted by Crippen LogP contribution is 2.36. The van der Waals surface area contributed by atoms with E-state index in [4.69, 9.17) is 39.9 Å². The maximum absolute atomic E-state index is 13.7. The van der Waals surface area contributed by atoms with E-state index in [0.717, 1.165) is 32.1 Å². The number of nitrogens with one attached hydrogen (secondary N) is 5. The quantitative estimate of drug-likeness (QED) is 0.0469. The molecule has 5 rings (SSSR count). The van der Waals surface area contributed by atoms with Crippen molar-refractivity contribution in [3.63, 3.8) is 0 Å². The van der Waals surface area contributed by atoms with Crippen LogP contribution in [0, 0.1) is 5.92 Å². The molecule has 0 saturated heterocycles. The van der Waals surface area contributed by atoms with E-state index in [2.05, 4.69) is 26.6 Å². The summed E-state index contributed by atoms with van der Waals surface area (Å²) in [6.45, 7) is 1.06. The highest BCUT2D eigenvalue weighted by atomic mass is 16.5. The SMILES string of the molecule is COc1cc(OC)c(C(O)NC2CCC(NC(=O)c3cc(C(=O)NCCN)c(OC)cc3OC)CC2)cc1C(=O)CCCC1CCC(NC(=O)c2cc(C(=O)NCCN)c(OC)cc2OC)CC1. The number of hydrogen-bond acceptors (Lipinski definition) is 15. The van der Waals surface area contributed by atoms with E-state index >= 15 is 0 Å². The molecule has 2 aliphatic carbocycles. The molecule has 19 nitrogen and oxygen atoms in total. The maximum atomic E-state index is 13.7.